The summed E-state index contributed by atoms with van der Waals surface area (Å²) in [6, 6.07) is 3.36. The Balaban J connectivity index is 2.01. The number of rotatable bonds is 7. The molecule has 0 amide bonds. The number of hydrogen-bond acceptors (Lipinski definition) is 4. The van der Waals surface area contributed by atoms with Gasteiger partial charge in [0.15, 0.2) is 5.03 Å². The lowest BCUT2D eigenvalue weighted by atomic mass is 9.81. The average Bonchev–Trinajstić information content (AvgIpc) is 2.34. The quantitative estimate of drug-likeness (QED) is 0.803. The molecule has 2 rings (SSSR count). The second-order valence-electron chi connectivity index (χ2n) is 5.39. The maximum Gasteiger partial charge on any atom is 0.258 e. The van der Waals surface area contributed by atoms with E-state index in [1.807, 2.05) is 13.8 Å². The largest absolute Gasteiger partial charge is 0.313 e. The van der Waals surface area contributed by atoms with E-state index >= 15 is 0 Å². The van der Waals surface area contributed by atoms with Gasteiger partial charge in [-0.25, -0.2) is 18.1 Å². The molecular weight excluding hydrogens is 274 g/mol. The fourth-order valence-electron chi connectivity index (χ4n) is 2.28. The third-order valence-corrected chi connectivity index (χ3v) is 5.32. The molecule has 0 saturated heterocycles. The molecule has 1 aliphatic rings. The molecule has 0 bridgehead atoms. The minimum Gasteiger partial charge on any atom is -0.313 e. The summed E-state index contributed by atoms with van der Waals surface area (Å²) in [7, 11) is -3.50. The van der Waals surface area contributed by atoms with Gasteiger partial charge in [0.1, 0.15) is 0 Å². The lowest BCUT2D eigenvalue weighted by Crippen LogP contribution is -2.40. The topological polar surface area (TPSA) is 71.1 Å². The molecule has 112 valence electrons. The van der Waals surface area contributed by atoms with Gasteiger partial charge in [-0.2, -0.15) is 0 Å². The molecule has 1 aromatic heterocycles. The molecule has 0 radical (unpaired) electrons. The van der Waals surface area contributed by atoms with Crippen LogP contribution in [0.25, 0.3) is 0 Å². The molecule has 6 heteroatoms. The molecule has 0 aliphatic heterocycles. The van der Waals surface area contributed by atoms with Crippen LogP contribution in [-0.2, 0) is 16.6 Å². The van der Waals surface area contributed by atoms with Crippen LogP contribution in [-0.4, -0.2) is 26.0 Å². The smallest absolute Gasteiger partial charge is 0.258 e. The Hall–Kier alpha value is -0.980. The van der Waals surface area contributed by atoms with Crippen LogP contribution in [0, 0.1) is 5.92 Å². The lowest BCUT2D eigenvalue weighted by molar-refractivity contribution is 0.260. The molecule has 0 spiro atoms. The Bertz CT molecular complexity index is 524. The van der Waals surface area contributed by atoms with E-state index in [1.54, 1.807) is 18.3 Å². The number of sulfonamides is 1. The second-order valence-corrected chi connectivity index (χ2v) is 7.05. The van der Waals surface area contributed by atoms with Gasteiger partial charge >= 0.3 is 0 Å². The third kappa shape index (κ3) is 3.77. The van der Waals surface area contributed by atoms with Crippen molar-refractivity contribution in [1.29, 1.82) is 0 Å². The second kappa shape index (κ2) is 6.65. The first-order valence-electron chi connectivity index (χ1n) is 7.21. The highest BCUT2D eigenvalue weighted by atomic mass is 32.2. The van der Waals surface area contributed by atoms with Gasteiger partial charge in [-0.1, -0.05) is 19.4 Å². The maximum atomic E-state index is 12.2. The van der Waals surface area contributed by atoms with Crippen molar-refractivity contribution in [2.24, 2.45) is 5.92 Å². The lowest BCUT2D eigenvalue weighted by Gasteiger charge is -2.31. The molecule has 1 fully saturated rings. The van der Waals surface area contributed by atoms with E-state index in [2.05, 4.69) is 15.0 Å². The van der Waals surface area contributed by atoms with Crippen molar-refractivity contribution >= 4 is 10.0 Å². The fourth-order valence-corrected chi connectivity index (χ4v) is 3.53. The van der Waals surface area contributed by atoms with Crippen molar-refractivity contribution in [2.75, 3.05) is 6.54 Å². The molecule has 1 aromatic rings. The zero-order valence-corrected chi connectivity index (χ0v) is 12.9. The number of aromatic nitrogens is 1. The highest BCUT2D eigenvalue weighted by molar-refractivity contribution is 7.89. The molecule has 1 atom stereocenters. The molecule has 1 heterocycles. The molecule has 1 saturated carbocycles. The van der Waals surface area contributed by atoms with E-state index in [0.717, 1.165) is 24.9 Å². The van der Waals surface area contributed by atoms with Crippen LogP contribution in [0.3, 0.4) is 0 Å². The molecule has 20 heavy (non-hydrogen) atoms. The summed E-state index contributed by atoms with van der Waals surface area (Å²) in [5.41, 5.74) is 0.984. The van der Waals surface area contributed by atoms with Crippen LogP contribution < -0.4 is 10.0 Å². The van der Waals surface area contributed by atoms with Crippen molar-refractivity contribution in [3.05, 3.63) is 23.9 Å². The zero-order chi connectivity index (χ0) is 14.6. The van der Waals surface area contributed by atoms with Crippen LogP contribution in [0.5, 0.6) is 0 Å². The van der Waals surface area contributed by atoms with E-state index in [1.165, 1.54) is 6.42 Å². The summed E-state index contributed by atoms with van der Waals surface area (Å²) >= 11 is 0. The average molecular weight is 297 g/mol. The number of nitrogens with one attached hydrogen (secondary N) is 2. The first-order chi connectivity index (χ1) is 9.53. The van der Waals surface area contributed by atoms with E-state index in [-0.39, 0.29) is 11.1 Å². The minimum absolute atomic E-state index is 0.0167. The van der Waals surface area contributed by atoms with Crippen molar-refractivity contribution in [1.82, 2.24) is 15.0 Å². The van der Waals surface area contributed by atoms with Gasteiger partial charge < -0.3 is 5.32 Å². The minimum atomic E-state index is -3.50. The Morgan fingerprint density at radius 3 is 2.65 bits per heavy atom. The molecule has 1 aliphatic carbocycles. The Morgan fingerprint density at radius 1 is 1.40 bits per heavy atom. The van der Waals surface area contributed by atoms with E-state index in [0.29, 0.717) is 12.5 Å². The third-order valence-electron chi connectivity index (χ3n) is 3.85. The number of nitrogens with zero attached hydrogens (tertiary/aromatic N) is 1. The number of pyridine rings is 1. The van der Waals surface area contributed by atoms with Gasteiger partial charge in [-0.05, 0) is 43.9 Å². The Labute approximate surface area is 121 Å². The van der Waals surface area contributed by atoms with Crippen molar-refractivity contribution < 1.29 is 8.42 Å². The summed E-state index contributed by atoms with van der Waals surface area (Å²) in [6.45, 7) is 5.54. The monoisotopic (exact) mass is 297 g/mol. The molecular formula is C14H23N3O2S. The van der Waals surface area contributed by atoms with E-state index in [4.69, 9.17) is 0 Å². The van der Waals surface area contributed by atoms with Crippen LogP contribution in [0.1, 0.15) is 38.7 Å². The standard InChI is InChI=1S/C14H23N3O2S/c1-3-15-9-12-7-8-14(16-10-12)20(18,19)17-11(2)13-5-4-6-13/h7-8,10-11,13,15,17H,3-6,9H2,1-2H3. The van der Waals surface area contributed by atoms with Gasteiger partial charge in [0.2, 0.25) is 0 Å². The zero-order valence-electron chi connectivity index (χ0n) is 12.1. The summed E-state index contributed by atoms with van der Waals surface area (Å²) in [5.74, 6) is 0.470. The fraction of sp³-hybridized carbons (Fsp3) is 0.643. The highest BCUT2D eigenvalue weighted by Gasteiger charge is 2.28. The summed E-state index contributed by atoms with van der Waals surface area (Å²) < 4.78 is 27.2. The van der Waals surface area contributed by atoms with Crippen LogP contribution >= 0.6 is 0 Å². The van der Waals surface area contributed by atoms with Crippen molar-refractivity contribution in [3.63, 3.8) is 0 Å². The van der Waals surface area contributed by atoms with Crippen molar-refractivity contribution in [3.8, 4) is 0 Å². The molecule has 5 nitrogen and oxygen atoms in total. The first kappa shape index (κ1) is 15.4. The van der Waals surface area contributed by atoms with Crippen LogP contribution in [0.15, 0.2) is 23.4 Å². The van der Waals surface area contributed by atoms with Gasteiger partial charge in [0.25, 0.3) is 10.0 Å². The Kier molecular flexibility index (Phi) is 5.12. The molecule has 0 aromatic carbocycles. The summed E-state index contributed by atoms with van der Waals surface area (Å²) in [6.07, 6.45) is 5.04. The van der Waals surface area contributed by atoms with E-state index < -0.39 is 10.0 Å². The maximum absolute atomic E-state index is 12.2. The van der Waals surface area contributed by atoms with E-state index in [9.17, 15) is 8.42 Å². The normalized spacial score (nSPS) is 17.7. The van der Waals surface area contributed by atoms with Crippen LogP contribution in [0.4, 0.5) is 0 Å². The highest BCUT2D eigenvalue weighted by Crippen LogP contribution is 2.29. The predicted octanol–water partition coefficient (Wildman–Crippen LogP) is 1.66. The molecule has 2 N–H and O–H groups in total. The van der Waals surface area contributed by atoms with Gasteiger partial charge in [-0.3, -0.25) is 0 Å². The number of hydrogen-bond donors (Lipinski definition) is 2. The van der Waals surface area contributed by atoms with Gasteiger partial charge in [0, 0.05) is 18.8 Å². The predicted molar refractivity (Wildman–Crippen MR) is 78.7 cm³/mol. The van der Waals surface area contributed by atoms with Gasteiger partial charge in [0.05, 0.1) is 0 Å². The SMILES string of the molecule is CCNCc1ccc(S(=O)(=O)NC(C)C2CCC2)nc1. The first-order valence-corrected chi connectivity index (χ1v) is 8.69. The van der Waals surface area contributed by atoms with Crippen molar-refractivity contribution in [2.45, 2.75) is 50.7 Å². The Morgan fingerprint density at radius 2 is 2.15 bits per heavy atom. The van der Waals surface area contributed by atoms with Gasteiger partial charge in [-0.15, -0.1) is 0 Å². The summed E-state index contributed by atoms with van der Waals surface area (Å²) in [5, 5.41) is 3.28. The van der Waals surface area contributed by atoms with Crippen LogP contribution in [0.2, 0.25) is 0 Å². The molecule has 1 unspecified atom stereocenters. The summed E-state index contributed by atoms with van der Waals surface area (Å²) in [4.78, 5) is 4.07.